The lowest BCUT2D eigenvalue weighted by Crippen LogP contribution is -2.44. The molecular weight excluding hydrogens is 238 g/mol. The van der Waals surface area contributed by atoms with E-state index in [1.54, 1.807) is 7.11 Å². The summed E-state index contributed by atoms with van der Waals surface area (Å²) < 4.78 is 11.6. The molecule has 0 fully saturated rings. The SMILES string of the molecule is CCOC(CC)(CC)C(NC)c1ccccc1OC. The van der Waals surface area contributed by atoms with Gasteiger partial charge in [-0.05, 0) is 32.9 Å². The summed E-state index contributed by atoms with van der Waals surface area (Å²) in [7, 11) is 3.70. The van der Waals surface area contributed by atoms with Gasteiger partial charge in [0.05, 0.1) is 18.8 Å². The van der Waals surface area contributed by atoms with Gasteiger partial charge in [-0.2, -0.15) is 0 Å². The van der Waals surface area contributed by atoms with Gasteiger partial charge in [0.15, 0.2) is 0 Å². The Morgan fingerprint density at radius 3 is 2.26 bits per heavy atom. The maximum absolute atomic E-state index is 6.12. The molecule has 0 spiro atoms. The van der Waals surface area contributed by atoms with Crippen molar-refractivity contribution in [2.45, 2.75) is 45.3 Å². The molecule has 3 nitrogen and oxygen atoms in total. The van der Waals surface area contributed by atoms with E-state index in [9.17, 15) is 0 Å². The van der Waals surface area contributed by atoms with Crippen LogP contribution in [0.4, 0.5) is 0 Å². The Balaban J connectivity index is 3.23. The molecule has 0 aromatic heterocycles. The van der Waals surface area contributed by atoms with E-state index in [0.29, 0.717) is 0 Å². The first kappa shape index (κ1) is 16.0. The van der Waals surface area contributed by atoms with Gasteiger partial charge in [0.25, 0.3) is 0 Å². The Hall–Kier alpha value is -1.06. The molecule has 1 aromatic rings. The molecule has 1 rings (SSSR count). The highest BCUT2D eigenvalue weighted by molar-refractivity contribution is 5.37. The van der Waals surface area contributed by atoms with Crippen LogP contribution in [0.3, 0.4) is 0 Å². The molecule has 1 unspecified atom stereocenters. The fourth-order valence-corrected chi connectivity index (χ4v) is 2.84. The molecule has 1 N–H and O–H groups in total. The van der Waals surface area contributed by atoms with E-state index < -0.39 is 0 Å². The minimum absolute atomic E-state index is 0.124. The molecule has 0 radical (unpaired) electrons. The third-order valence-electron chi connectivity index (χ3n) is 3.89. The summed E-state index contributed by atoms with van der Waals surface area (Å²) in [5, 5.41) is 3.42. The largest absolute Gasteiger partial charge is 0.496 e. The number of ether oxygens (including phenoxy) is 2. The summed E-state index contributed by atoms with van der Waals surface area (Å²) >= 11 is 0. The van der Waals surface area contributed by atoms with Gasteiger partial charge in [-0.1, -0.05) is 32.0 Å². The van der Waals surface area contributed by atoms with Crippen LogP contribution in [0.5, 0.6) is 5.75 Å². The fourth-order valence-electron chi connectivity index (χ4n) is 2.84. The van der Waals surface area contributed by atoms with Crippen LogP contribution in [0.1, 0.15) is 45.2 Å². The second-order valence-corrected chi connectivity index (χ2v) is 4.67. The third-order valence-corrected chi connectivity index (χ3v) is 3.89. The van der Waals surface area contributed by atoms with Crippen molar-refractivity contribution < 1.29 is 9.47 Å². The van der Waals surface area contributed by atoms with E-state index >= 15 is 0 Å². The Morgan fingerprint density at radius 1 is 1.16 bits per heavy atom. The van der Waals surface area contributed by atoms with Crippen molar-refractivity contribution in [2.75, 3.05) is 20.8 Å². The molecule has 0 aliphatic rings. The van der Waals surface area contributed by atoms with E-state index in [-0.39, 0.29) is 11.6 Å². The molecule has 19 heavy (non-hydrogen) atoms. The topological polar surface area (TPSA) is 30.5 Å². The maximum Gasteiger partial charge on any atom is 0.123 e. The molecule has 3 heteroatoms. The zero-order chi connectivity index (χ0) is 14.3. The number of benzene rings is 1. The molecule has 0 saturated heterocycles. The Morgan fingerprint density at radius 2 is 1.79 bits per heavy atom. The van der Waals surface area contributed by atoms with Crippen LogP contribution in [0, 0.1) is 0 Å². The Kier molecular flexibility index (Phi) is 6.32. The molecule has 1 atom stereocenters. The second kappa shape index (κ2) is 7.51. The lowest BCUT2D eigenvalue weighted by atomic mass is 9.83. The number of methoxy groups -OCH3 is 1. The van der Waals surface area contributed by atoms with Crippen LogP contribution in [-0.4, -0.2) is 26.4 Å². The van der Waals surface area contributed by atoms with Gasteiger partial charge in [-0.25, -0.2) is 0 Å². The number of nitrogens with one attached hydrogen (secondary N) is 1. The number of likely N-dealkylation sites (N-methyl/N-ethyl adjacent to an activating group) is 1. The van der Waals surface area contributed by atoms with Crippen molar-refractivity contribution in [3.63, 3.8) is 0 Å². The van der Waals surface area contributed by atoms with E-state index in [4.69, 9.17) is 9.47 Å². The number of hydrogen-bond donors (Lipinski definition) is 1. The van der Waals surface area contributed by atoms with Crippen LogP contribution in [0.15, 0.2) is 24.3 Å². The summed E-state index contributed by atoms with van der Waals surface area (Å²) in [5.74, 6) is 0.910. The van der Waals surface area contributed by atoms with Crippen molar-refractivity contribution in [3.05, 3.63) is 29.8 Å². The number of para-hydroxylation sites is 1. The van der Waals surface area contributed by atoms with Crippen LogP contribution >= 0.6 is 0 Å². The molecular formula is C16H27NO2. The predicted octanol–water partition coefficient (Wildman–Crippen LogP) is 3.55. The van der Waals surface area contributed by atoms with Gasteiger partial charge >= 0.3 is 0 Å². The maximum atomic E-state index is 6.12. The van der Waals surface area contributed by atoms with Crippen molar-refractivity contribution in [3.8, 4) is 5.75 Å². The van der Waals surface area contributed by atoms with Gasteiger partial charge in [0, 0.05) is 12.2 Å². The van der Waals surface area contributed by atoms with Crippen molar-refractivity contribution in [1.82, 2.24) is 5.32 Å². The molecule has 0 aliphatic heterocycles. The summed E-state index contributed by atoms with van der Waals surface area (Å²) in [4.78, 5) is 0. The van der Waals surface area contributed by atoms with Crippen molar-refractivity contribution in [1.29, 1.82) is 0 Å². The molecule has 1 aromatic carbocycles. The van der Waals surface area contributed by atoms with E-state index in [1.165, 1.54) is 0 Å². The quantitative estimate of drug-likeness (QED) is 0.779. The lowest BCUT2D eigenvalue weighted by molar-refractivity contribution is -0.0721. The predicted molar refractivity (Wildman–Crippen MR) is 79.7 cm³/mol. The van der Waals surface area contributed by atoms with Crippen LogP contribution in [0.2, 0.25) is 0 Å². The minimum atomic E-state index is -0.196. The van der Waals surface area contributed by atoms with Crippen molar-refractivity contribution >= 4 is 0 Å². The third kappa shape index (κ3) is 3.28. The van der Waals surface area contributed by atoms with Crippen LogP contribution < -0.4 is 10.1 Å². The Bertz CT molecular complexity index is 375. The van der Waals surface area contributed by atoms with Gasteiger partial charge in [-0.3, -0.25) is 0 Å². The average Bonchev–Trinajstić information content (AvgIpc) is 2.47. The minimum Gasteiger partial charge on any atom is -0.496 e. The molecule has 0 bridgehead atoms. The summed E-state index contributed by atoms with van der Waals surface area (Å²) in [5.41, 5.74) is 0.961. The summed E-state index contributed by atoms with van der Waals surface area (Å²) in [6, 6.07) is 8.28. The van der Waals surface area contributed by atoms with Gasteiger partial charge in [-0.15, -0.1) is 0 Å². The monoisotopic (exact) mass is 265 g/mol. The fraction of sp³-hybridized carbons (Fsp3) is 0.625. The average molecular weight is 265 g/mol. The van der Waals surface area contributed by atoms with Gasteiger partial charge in [0.2, 0.25) is 0 Å². The van der Waals surface area contributed by atoms with Crippen LogP contribution in [0.25, 0.3) is 0 Å². The van der Waals surface area contributed by atoms with Gasteiger partial charge < -0.3 is 14.8 Å². The first-order valence-electron chi connectivity index (χ1n) is 7.13. The normalized spacial score (nSPS) is 13.3. The smallest absolute Gasteiger partial charge is 0.123 e. The second-order valence-electron chi connectivity index (χ2n) is 4.67. The highest BCUT2D eigenvalue weighted by Crippen LogP contribution is 2.38. The number of rotatable bonds is 8. The first-order valence-corrected chi connectivity index (χ1v) is 7.13. The van der Waals surface area contributed by atoms with Gasteiger partial charge in [0.1, 0.15) is 5.75 Å². The van der Waals surface area contributed by atoms with E-state index in [1.807, 2.05) is 25.2 Å². The molecule has 0 amide bonds. The van der Waals surface area contributed by atoms with Crippen molar-refractivity contribution in [2.24, 2.45) is 0 Å². The lowest BCUT2D eigenvalue weighted by Gasteiger charge is -2.40. The molecule has 0 heterocycles. The first-order chi connectivity index (χ1) is 9.18. The molecule has 0 aliphatic carbocycles. The summed E-state index contributed by atoms with van der Waals surface area (Å²) in [6.07, 6.45) is 1.92. The highest BCUT2D eigenvalue weighted by atomic mass is 16.5. The van der Waals surface area contributed by atoms with E-state index in [0.717, 1.165) is 30.8 Å². The van der Waals surface area contributed by atoms with E-state index in [2.05, 4.69) is 32.2 Å². The number of hydrogen-bond acceptors (Lipinski definition) is 3. The standard InChI is InChI=1S/C16H27NO2/c1-6-16(7-2,19-8-3)15(17-4)13-11-9-10-12-14(13)18-5/h9-12,15,17H,6-8H2,1-5H3. The summed E-state index contributed by atoms with van der Waals surface area (Å²) in [6.45, 7) is 7.13. The van der Waals surface area contributed by atoms with Crippen LogP contribution in [-0.2, 0) is 4.74 Å². The molecule has 108 valence electrons. The highest BCUT2D eigenvalue weighted by Gasteiger charge is 2.37. The Labute approximate surface area is 117 Å². The zero-order valence-electron chi connectivity index (χ0n) is 12.8. The molecule has 0 saturated carbocycles. The zero-order valence-corrected chi connectivity index (χ0v) is 12.8.